The van der Waals surface area contributed by atoms with Crippen molar-refractivity contribution in [3.63, 3.8) is 0 Å². The fourth-order valence-electron chi connectivity index (χ4n) is 2.12. The molecule has 2 aromatic heterocycles. The van der Waals surface area contributed by atoms with Crippen molar-refractivity contribution in [2.45, 2.75) is 62.9 Å². The average Bonchev–Trinajstić information content (AvgIpc) is 3.16. The maximum absolute atomic E-state index is 5.95. The van der Waals surface area contributed by atoms with Crippen molar-refractivity contribution in [2.75, 3.05) is 0 Å². The zero-order chi connectivity index (χ0) is 18.8. The normalized spacial score (nSPS) is 15.0. The van der Waals surface area contributed by atoms with Crippen LogP contribution in [0.5, 0.6) is 0 Å². The van der Waals surface area contributed by atoms with E-state index in [9.17, 15) is 0 Å². The minimum absolute atomic E-state index is 0.0797. The summed E-state index contributed by atoms with van der Waals surface area (Å²) < 4.78 is 11.9. The highest BCUT2D eigenvalue weighted by Gasteiger charge is 2.27. The highest BCUT2D eigenvalue weighted by atomic mass is 32.2. The van der Waals surface area contributed by atoms with E-state index in [4.69, 9.17) is 8.83 Å². The van der Waals surface area contributed by atoms with Gasteiger partial charge >= 0.3 is 0 Å². The summed E-state index contributed by atoms with van der Waals surface area (Å²) in [6.45, 7) is 20.4. The third kappa shape index (κ3) is 4.66. The molecule has 0 fully saturated rings. The summed E-state index contributed by atoms with van der Waals surface area (Å²) >= 11 is 1.60. The van der Waals surface area contributed by atoms with E-state index in [1.807, 2.05) is 12.2 Å². The van der Waals surface area contributed by atoms with E-state index < -0.39 is 0 Å². The number of hydrogen-bond donors (Lipinski definition) is 0. The lowest BCUT2D eigenvalue weighted by Gasteiger charge is -2.16. The molecule has 0 N–H and O–H groups in total. The van der Waals surface area contributed by atoms with Crippen LogP contribution in [0.1, 0.15) is 75.3 Å². The molecule has 0 aromatic carbocycles. The largest absolute Gasteiger partial charge is 0.444 e. The Morgan fingerprint density at radius 1 is 0.840 bits per heavy atom. The van der Waals surface area contributed by atoms with Gasteiger partial charge in [0.15, 0.2) is 0 Å². The van der Waals surface area contributed by atoms with Crippen LogP contribution in [-0.4, -0.2) is 9.97 Å². The van der Waals surface area contributed by atoms with Gasteiger partial charge in [0.1, 0.15) is 22.0 Å². The standard InChI is InChI=1S/C20H28N2O2S/c1-9-13(17-21-11-15(23-17)19(3,4)5)25-14(10-2)18-22-12-16(24-18)20(6,7)8/h9-14H,1-2H2,3-8H3. The molecule has 0 radical (unpaired) electrons. The van der Waals surface area contributed by atoms with Crippen molar-refractivity contribution in [3.8, 4) is 0 Å². The van der Waals surface area contributed by atoms with Gasteiger partial charge in [-0.3, -0.25) is 0 Å². The fraction of sp³-hybridized carbons (Fsp3) is 0.500. The second-order valence-corrected chi connectivity index (χ2v) is 9.36. The molecule has 2 rings (SSSR count). The molecule has 0 aliphatic heterocycles. The molecule has 25 heavy (non-hydrogen) atoms. The van der Waals surface area contributed by atoms with Crippen LogP contribution in [0.4, 0.5) is 0 Å². The van der Waals surface area contributed by atoms with Gasteiger partial charge in [-0.2, -0.15) is 0 Å². The van der Waals surface area contributed by atoms with E-state index in [-0.39, 0.29) is 21.3 Å². The lowest BCUT2D eigenvalue weighted by atomic mass is 9.94. The Morgan fingerprint density at radius 3 is 1.44 bits per heavy atom. The molecule has 0 saturated heterocycles. The third-order valence-corrected chi connectivity index (χ3v) is 5.11. The molecule has 0 bridgehead atoms. The van der Waals surface area contributed by atoms with E-state index in [1.165, 1.54) is 0 Å². The predicted octanol–water partition coefficient (Wildman–Crippen LogP) is 6.15. The SMILES string of the molecule is C=CC(SC(C=C)c1ncc(C(C)(C)C)o1)c1ncc(C(C)(C)C)o1. The van der Waals surface area contributed by atoms with Gasteiger partial charge in [-0.05, 0) is 0 Å². The van der Waals surface area contributed by atoms with E-state index in [0.29, 0.717) is 11.8 Å². The zero-order valence-electron chi connectivity index (χ0n) is 16.0. The second-order valence-electron chi connectivity index (χ2n) is 8.07. The van der Waals surface area contributed by atoms with Gasteiger partial charge in [-0.25, -0.2) is 9.97 Å². The van der Waals surface area contributed by atoms with E-state index >= 15 is 0 Å². The van der Waals surface area contributed by atoms with Gasteiger partial charge in [-0.15, -0.1) is 24.9 Å². The van der Waals surface area contributed by atoms with Crippen LogP contribution >= 0.6 is 11.8 Å². The highest BCUT2D eigenvalue weighted by molar-refractivity contribution is 8.00. The first-order chi connectivity index (χ1) is 11.6. The molecule has 2 atom stereocenters. The molecule has 2 aromatic rings. The molecule has 2 heterocycles. The van der Waals surface area contributed by atoms with Crippen LogP contribution < -0.4 is 0 Å². The van der Waals surface area contributed by atoms with Gasteiger partial charge < -0.3 is 8.83 Å². The van der Waals surface area contributed by atoms with Crippen LogP contribution in [-0.2, 0) is 10.8 Å². The van der Waals surface area contributed by atoms with Crippen LogP contribution in [0.15, 0.2) is 46.5 Å². The van der Waals surface area contributed by atoms with Crippen molar-refractivity contribution in [1.82, 2.24) is 9.97 Å². The summed E-state index contributed by atoms with van der Waals surface area (Å²) in [5.41, 5.74) is -0.159. The van der Waals surface area contributed by atoms with Crippen molar-refractivity contribution in [2.24, 2.45) is 0 Å². The maximum atomic E-state index is 5.95. The summed E-state index contributed by atoms with van der Waals surface area (Å²) in [6.07, 6.45) is 7.23. The van der Waals surface area contributed by atoms with Crippen LogP contribution in [0.2, 0.25) is 0 Å². The maximum Gasteiger partial charge on any atom is 0.211 e. The summed E-state index contributed by atoms with van der Waals surface area (Å²) in [5.74, 6) is 2.99. The van der Waals surface area contributed by atoms with Gasteiger partial charge in [0.25, 0.3) is 0 Å². The number of oxazole rings is 2. The number of nitrogens with zero attached hydrogens (tertiary/aromatic N) is 2. The van der Waals surface area contributed by atoms with Gasteiger partial charge in [0.2, 0.25) is 11.8 Å². The zero-order valence-corrected chi connectivity index (χ0v) is 16.8. The summed E-state index contributed by atoms with van der Waals surface area (Å²) in [4.78, 5) is 8.87. The Labute approximate surface area is 154 Å². The molecule has 136 valence electrons. The quantitative estimate of drug-likeness (QED) is 0.579. The molecule has 0 aliphatic rings. The van der Waals surface area contributed by atoms with Gasteiger partial charge in [-0.1, -0.05) is 53.7 Å². The van der Waals surface area contributed by atoms with E-state index in [1.54, 1.807) is 24.2 Å². The third-order valence-electron chi connectivity index (χ3n) is 3.73. The molecule has 0 amide bonds. The number of hydrogen-bond acceptors (Lipinski definition) is 5. The Bertz CT molecular complexity index is 669. The van der Waals surface area contributed by atoms with Crippen LogP contribution in [0.3, 0.4) is 0 Å². The number of aromatic nitrogens is 2. The summed E-state index contributed by atoms with van der Waals surface area (Å²) in [6, 6.07) is 0. The topological polar surface area (TPSA) is 52.1 Å². The van der Waals surface area contributed by atoms with Crippen molar-refractivity contribution < 1.29 is 8.83 Å². The van der Waals surface area contributed by atoms with Crippen molar-refractivity contribution in [3.05, 3.63) is 61.0 Å². The smallest absolute Gasteiger partial charge is 0.211 e. The molecular formula is C20H28N2O2S. The molecule has 4 nitrogen and oxygen atoms in total. The van der Waals surface area contributed by atoms with Crippen LogP contribution in [0.25, 0.3) is 0 Å². The first-order valence-electron chi connectivity index (χ1n) is 8.39. The minimum atomic E-state index is -0.107. The lowest BCUT2D eigenvalue weighted by Crippen LogP contribution is -2.09. The molecule has 0 aliphatic carbocycles. The van der Waals surface area contributed by atoms with Gasteiger partial charge in [0.05, 0.1) is 12.4 Å². The number of rotatable bonds is 6. The van der Waals surface area contributed by atoms with Crippen LogP contribution in [0, 0.1) is 0 Å². The van der Waals surface area contributed by atoms with E-state index in [0.717, 1.165) is 11.5 Å². The Balaban J connectivity index is 2.21. The molecular weight excluding hydrogens is 332 g/mol. The predicted molar refractivity (Wildman–Crippen MR) is 104 cm³/mol. The average molecular weight is 361 g/mol. The minimum Gasteiger partial charge on any atom is -0.444 e. The van der Waals surface area contributed by atoms with E-state index in [2.05, 4.69) is 64.7 Å². The Hall–Kier alpha value is -1.75. The Morgan fingerprint density at radius 2 is 1.20 bits per heavy atom. The molecule has 0 spiro atoms. The first kappa shape index (κ1) is 19.6. The van der Waals surface area contributed by atoms with Gasteiger partial charge in [0, 0.05) is 10.8 Å². The second kappa shape index (κ2) is 7.24. The number of thioether (sulfide) groups is 1. The lowest BCUT2D eigenvalue weighted by molar-refractivity contribution is 0.383. The first-order valence-corrected chi connectivity index (χ1v) is 9.33. The molecule has 2 unspecified atom stereocenters. The molecule has 0 saturated carbocycles. The monoisotopic (exact) mass is 360 g/mol. The summed E-state index contributed by atoms with van der Waals surface area (Å²) in [5, 5.41) is -0.215. The summed E-state index contributed by atoms with van der Waals surface area (Å²) in [7, 11) is 0. The molecule has 5 heteroatoms. The highest BCUT2D eigenvalue weighted by Crippen LogP contribution is 2.42. The van der Waals surface area contributed by atoms with Crippen molar-refractivity contribution >= 4 is 11.8 Å². The Kier molecular flexibility index (Phi) is 5.67. The van der Waals surface area contributed by atoms with Crippen molar-refractivity contribution in [1.29, 1.82) is 0 Å². The fourth-order valence-corrected chi connectivity index (χ4v) is 3.11.